The molecule has 0 aliphatic heterocycles. The smallest absolute Gasteiger partial charge is 0.165 e. The molecule has 17 heavy (non-hydrogen) atoms. The third-order valence-electron chi connectivity index (χ3n) is 3.26. The molecule has 0 saturated carbocycles. The highest BCUT2D eigenvalue weighted by Crippen LogP contribution is 2.32. The normalized spacial score (nSPS) is 23.5. The Morgan fingerprint density at radius 2 is 1.76 bits per heavy atom. The number of carbonyl (C=O) groups is 1. The predicted octanol–water partition coefficient (Wildman–Crippen LogP) is 2.42. The molecule has 0 spiro atoms. The first-order valence-electron chi connectivity index (χ1n) is 5.65. The summed E-state index contributed by atoms with van der Waals surface area (Å²) in [5.74, 6) is -0.463. The van der Waals surface area contributed by atoms with Gasteiger partial charge in [0.1, 0.15) is 0 Å². The molecule has 1 aliphatic carbocycles. The monoisotopic (exact) mass is 224 g/mol. The van der Waals surface area contributed by atoms with Crippen LogP contribution in [0.5, 0.6) is 0 Å². The first-order chi connectivity index (χ1) is 8.27. The average molecular weight is 224 g/mol. The van der Waals surface area contributed by atoms with Crippen LogP contribution in [0.4, 0.5) is 0 Å². The van der Waals surface area contributed by atoms with Crippen molar-refractivity contribution >= 4 is 16.6 Å². The minimum Gasteiger partial charge on any atom is -0.388 e. The summed E-state index contributed by atoms with van der Waals surface area (Å²) >= 11 is 0. The summed E-state index contributed by atoms with van der Waals surface area (Å²) in [4.78, 5) is 11.8. The maximum atomic E-state index is 11.8. The van der Waals surface area contributed by atoms with Crippen LogP contribution in [0.25, 0.3) is 10.8 Å². The molecule has 0 saturated heterocycles. The van der Waals surface area contributed by atoms with Gasteiger partial charge in [0.25, 0.3) is 0 Å². The Kier molecular flexibility index (Phi) is 2.30. The van der Waals surface area contributed by atoms with E-state index in [1.54, 1.807) is 6.08 Å². The van der Waals surface area contributed by atoms with E-state index in [1.807, 2.05) is 42.5 Å². The van der Waals surface area contributed by atoms with Crippen molar-refractivity contribution in [3.63, 3.8) is 0 Å². The van der Waals surface area contributed by atoms with Crippen LogP contribution in [0, 0.1) is 0 Å². The Bertz CT molecular complexity index is 608. The lowest BCUT2D eigenvalue weighted by Gasteiger charge is -2.15. The van der Waals surface area contributed by atoms with E-state index in [9.17, 15) is 9.90 Å². The summed E-state index contributed by atoms with van der Waals surface area (Å²) in [5, 5.41) is 12.0. The van der Waals surface area contributed by atoms with E-state index in [-0.39, 0.29) is 5.78 Å². The molecule has 0 fully saturated rings. The molecule has 2 atom stereocenters. The van der Waals surface area contributed by atoms with Gasteiger partial charge in [-0.05, 0) is 22.4 Å². The van der Waals surface area contributed by atoms with Crippen LogP contribution in [-0.2, 0) is 4.79 Å². The molecular formula is C15H12O2. The van der Waals surface area contributed by atoms with Crippen LogP contribution < -0.4 is 0 Å². The molecule has 84 valence electrons. The molecule has 0 aromatic heterocycles. The molecule has 2 aromatic carbocycles. The van der Waals surface area contributed by atoms with E-state index in [0.29, 0.717) is 0 Å². The Morgan fingerprint density at radius 1 is 1.00 bits per heavy atom. The third kappa shape index (κ3) is 1.58. The quantitative estimate of drug-likeness (QED) is 0.807. The fourth-order valence-electron chi connectivity index (χ4n) is 2.44. The zero-order valence-electron chi connectivity index (χ0n) is 9.21. The van der Waals surface area contributed by atoms with E-state index in [0.717, 1.165) is 16.3 Å². The molecule has 2 nitrogen and oxygen atoms in total. The molecule has 1 N–H and O–H groups in total. The minimum absolute atomic E-state index is 0.0196. The first kappa shape index (κ1) is 10.2. The summed E-state index contributed by atoms with van der Waals surface area (Å²) in [6.07, 6.45) is 2.33. The van der Waals surface area contributed by atoms with Crippen LogP contribution >= 0.6 is 0 Å². The van der Waals surface area contributed by atoms with Crippen molar-refractivity contribution in [2.75, 3.05) is 0 Å². The number of hydrogen-bond donors (Lipinski definition) is 1. The van der Waals surface area contributed by atoms with Gasteiger partial charge < -0.3 is 5.11 Å². The Balaban J connectivity index is 2.21. The van der Waals surface area contributed by atoms with Gasteiger partial charge in [-0.2, -0.15) is 0 Å². The van der Waals surface area contributed by atoms with Gasteiger partial charge >= 0.3 is 0 Å². The van der Waals surface area contributed by atoms with Gasteiger partial charge in [-0.3, -0.25) is 4.79 Å². The molecule has 0 bridgehead atoms. The fraction of sp³-hybridized carbons (Fsp3) is 0.133. The zero-order valence-corrected chi connectivity index (χ0v) is 9.21. The number of rotatable bonds is 1. The molecule has 1 unspecified atom stereocenters. The lowest BCUT2D eigenvalue weighted by atomic mass is 9.90. The summed E-state index contributed by atoms with van der Waals surface area (Å²) in [6, 6.07) is 13.8. The molecule has 3 rings (SSSR count). The largest absolute Gasteiger partial charge is 0.388 e. The average Bonchev–Trinajstić information content (AvgIpc) is 2.69. The van der Waals surface area contributed by atoms with Crippen molar-refractivity contribution in [2.45, 2.75) is 12.0 Å². The Morgan fingerprint density at radius 3 is 2.53 bits per heavy atom. The number of ketones is 1. The highest BCUT2D eigenvalue weighted by atomic mass is 16.3. The Labute approximate surface area is 99.2 Å². The lowest BCUT2D eigenvalue weighted by molar-refractivity contribution is -0.116. The van der Waals surface area contributed by atoms with E-state index >= 15 is 0 Å². The maximum absolute atomic E-state index is 11.8. The summed E-state index contributed by atoms with van der Waals surface area (Å²) in [6.45, 7) is 0. The SMILES string of the molecule is O=C1C=C[C@H](O)C1c1cccc2ccccc12. The number of allylic oxidation sites excluding steroid dienone is 1. The van der Waals surface area contributed by atoms with Gasteiger partial charge in [-0.25, -0.2) is 0 Å². The second-order valence-electron chi connectivity index (χ2n) is 4.30. The molecule has 2 heteroatoms. The molecule has 0 amide bonds. The van der Waals surface area contributed by atoms with Crippen molar-refractivity contribution in [3.05, 3.63) is 60.2 Å². The second-order valence-corrected chi connectivity index (χ2v) is 4.30. The Hall–Kier alpha value is -1.93. The van der Waals surface area contributed by atoms with Gasteiger partial charge in [0.15, 0.2) is 5.78 Å². The third-order valence-corrected chi connectivity index (χ3v) is 3.26. The van der Waals surface area contributed by atoms with Crippen molar-refractivity contribution < 1.29 is 9.90 Å². The standard InChI is InChI=1S/C15H12O2/c16-13-8-9-14(17)15(13)12-7-3-5-10-4-1-2-6-11(10)12/h1-9,13,15-16H/t13-,15?/m0/s1. The number of aliphatic hydroxyl groups is 1. The molecular weight excluding hydrogens is 212 g/mol. The van der Waals surface area contributed by atoms with E-state index in [2.05, 4.69) is 0 Å². The van der Waals surface area contributed by atoms with E-state index in [1.165, 1.54) is 6.08 Å². The number of carbonyl (C=O) groups excluding carboxylic acids is 1. The number of hydrogen-bond acceptors (Lipinski definition) is 2. The summed E-state index contributed by atoms with van der Waals surface area (Å²) in [7, 11) is 0. The number of aliphatic hydroxyl groups excluding tert-OH is 1. The van der Waals surface area contributed by atoms with Gasteiger partial charge in [0, 0.05) is 0 Å². The second kappa shape index (κ2) is 3.82. The predicted molar refractivity (Wildman–Crippen MR) is 66.8 cm³/mol. The number of benzene rings is 2. The van der Waals surface area contributed by atoms with Crippen LogP contribution in [0.2, 0.25) is 0 Å². The van der Waals surface area contributed by atoms with Gasteiger partial charge in [0.05, 0.1) is 12.0 Å². The molecule has 2 aromatic rings. The fourth-order valence-corrected chi connectivity index (χ4v) is 2.44. The highest BCUT2D eigenvalue weighted by molar-refractivity contribution is 6.02. The van der Waals surface area contributed by atoms with Crippen LogP contribution in [0.15, 0.2) is 54.6 Å². The summed E-state index contributed by atoms with van der Waals surface area (Å²) < 4.78 is 0. The van der Waals surface area contributed by atoms with E-state index in [4.69, 9.17) is 0 Å². The van der Waals surface area contributed by atoms with Crippen LogP contribution in [-0.4, -0.2) is 17.0 Å². The van der Waals surface area contributed by atoms with Crippen LogP contribution in [0.3, 0.4) is 0 Å². The highest BCUT2D eigenvalue weighted by Gasteiger charge is 2.30. The number of fused-ring (bicyclic) bond motifs is 1. The molecule has 1 aliphatic rings. The minimum atomic E-state index is -0.701. The maximum Gasteiger partial charge on any atom is 0.165 e. The van der Waals surface area contributed by atoms with Crippen molar-refractivity contribution in [3.8, 4) is 0 Å². The first-order valence-corrected chi connectivity index (χ1v) is 5.65. The van der Waals surface area contributed by atoms with Crippen LogP contribution in [0.1, 0.15) is 11.5 Å². The van der Waals surface area contributed by atoms with Gasteiger partial charge in [0.2, 0.25) is 0 Å². The lowest BCUT2D eigenvalue weighted by Crippen LogP contribution is -2.17. The van der Waals surface area contributed by atoms with Crippen molar-refractivity contribution in [1.29, 1.82) is 0 Å². The molecule has 0 radical (unpaired) electrons. The van der Waals surface area contributed by atoms with Gasteiger partial charge in [-0.1, -0.05) is 48.5 Å². The van der Waals surface area contributed by atoms with Gasteiger partial charge in [-0.15, -0.1) is 0 Å². The summed E-state index contributed by atoms with van der Waals surface area (Å²) in [5.41, 5.74) is 0.908. The zero-order chi connectivity index (χ0) is 11.8. The topological polar surface area (TPSA) is 37.3 Å². The van der Waals surface area contributed by atoms with E-state index < -0.39 is 12.0 Å². The molecule has 0 heterocycles. The van der Waals surface area contributed by atoms with Crippen molar-refractivity contribution in [1.82, 2.24) is 0 Å². The van der Waals surface area contributed by atoms with Crippen molar-refractivity contribution in [2.24, 2.45) is 0 Å².